The SMILES string of the molecule is COc1cc(OC)c([C@@H]2CC(=O)Nc3c2ncn3-c2cccc(Cl)c2)cc1OC. The lowest BCUT2D eigenvalue weighted by Gasteiger charge is -2.25. The zero-order chi connectivity index (χ0) is 20.5. The number of ether oxygens (including phenoxy) is 3. The first-order chi connectivity index (χ1) is 14.0. The van der Waals surface area contributed by atoms with E-state index in [1.165, 1.54) is 0 Å². The Morgan fingerprint density at radius 3 is 2.48 bits per heavy atom. The molecule has 0 saturated heterocycles. The van der Waals surface area contributed by atoms with Crippen LogP contribution in [0.1, 0.15) is 23.6 Å². The van der Waals surface area contributed by atoms with Crippen LogP contribution in [0.2, 0.25) is 5.02 Å². The number of carbonyl (C=O) groups is 1. The van der Waals surface area contributed by atoms with Gasteiger partial charge in [-0.05, 0) is 24.3 Å². The Labute approximate surface area is 173 Å². The van der Waals surface area contributed by atoms with Crippen molar-refractivity contribution in [2.24, 2.45) is 0 Å². The number of aromatic nitrogens is 2. The van der Waals surface area contributed by atoms with Crippen LogP contribution in [0.5, 0.6) is 17.2 Å². The lowest BCUT2D eigenvalue weighted by molar-refractivity contribution is -0.116. The molecular weight excluding hydrogens is 394 g/mol. The van der Waals surface area contributed by atoms with Crippen molar-refractivity contribution in [3.05, 3.63) is 59.0 Å². The van der Waals surface area contributed by atoms with Crippen LogP contribution in [-0.2, 0) is 4.79 Å². The third kappa shape index (κ3) is 3.38. The third-order valence-electron chi connectivity index (χ3n) is 4.97. The average molecular weight is 414 g/mol. The van der Waals surface area contributed by atoms with Crippen LogP contribution in [0, 0.1) is 0 Å². The van der Waals surface area contributed by atoms with Gasteiger partial charge in [0.1, 0.15) is 17.9 Å². The predicted octanol–water partition coefficient (Wildman–Crippen LogP) is 4.03. The van der Waals surface area contributed by atoms with E-state index < -0.39 is 0 Å². The first-order valence-electron chi connectivity index (χ1n) is 8.98. The smallest absolute Gasteiger partial charge is 0.226 e. The summed E-state index contributed by atoms with van der Waals surface area (Å²) in [4.78, 5) is 17.2. The van der Waals surface area contributed by atoms with E-state index in [-0.39, 0.29) is 18.2 Å². The zero-order valence-corrected chi connectivity index (χ0v) is 17.0. The molecule has 2 aromatic carbocycles. The van der Waals surface area contributed by atoms with E-state index in [0.717, 1.165) is 16.9 Å². The van der Waals surface area contributed by atoms with Gasteiger partial charge >= 0.3 is 0 Å². The molecule has 0 radical (unpaired) electrons. The highest BCUT2D eigenvalue weighted by Gasteiger charge is 2.33. The minimum atomic E-state index is -0.297. The van der Waals surface area contributed by atoms with E-state index in [1.54, 1.807) is 39.8 Å². The van der Waals surface area contributed by atoms with E-state index in [0.29, 0.717) is 28.1 Å². The maximum absolute atomic E-state index is 12.6. The van der Waals surface area contributed by atoms with Crippen LogP contribution in [0.25, 0.3) is 5.69 Å². The summed E-state index contributed by atoms with van der Waals surface area (Å²) in [7, 11) is 4.72. The molecular formula is C21H20ClN3O4. The molecule has 3 aromatic rings. The van der Waals surface area contributed by atoms with E-state index in [9.17, 15) is 4.79 Å². The molecule has 0 fully saturated rings. The molecule has 1 aliphatic rings. The summed E-state index contributed by atoms with van der Waals surface area (Å²) in [6.07, 6.45) is 1.92. The van der Waals surface area contributed by atoms with Crippen molar-refractivity contribution in [1.82, 2.24) is 9.55 Å². The molecule has 29 heavy (non-hydrogen) atoms. The quantitative estimate of drug-likeness (QED) is 0.683. The lowest BCUT2D eigenvalue weighted by atomic mass is 9.88. The van der Waals surface area contributed by atoms with Crippen molar-refractivity contribution < 1.29 is 19.0 Å². The van der Waals surface area contributed by atoms with E-state index in [1.807, 2.05) is 28.8 Å². The maximum Gasteiger partial charge on any atom is 0.226 e. The second kappa shape index (κ2) is 7.67. The van der Waals surface area contributed by atoms with Gasteiger partial charge in [-0.3, -0.25) is 9.36 Å². The van der Waals surface area contributed by atoms with Gasteiger partial charge in [-0.2, -0.15) is 0 Å². The van der Waals surface area contributed by atoms with Gasteiger partial charge in [0.15, 0.2) is 11.5 Å². The van der Waals surface area contributed by atoms with Gasteiger partial charge in [0.2, 0.25) is 5.91 Å². The van der Waals surface area contributed by atoms with Crippen LogP contribution in [0.4, 0.5) is 5.82 Å². The van der Waals surface area contributed by atoms with Crippen molar-refractivity contribution in [3.8, 4) is 22.9 Å². The summed E-state index contributed by atoms with van der Waals surface area (Å²) in [6, 6.07) is 11.0. The molecule has 7 nitrogen and oxygen atoms in total. The number of halogens is 1. The number of hydrogen-bond acceptors (Lipinski definition) is 5. The lowest BCUT2D eigenvalue weighted by Crippen LogP contribution is -2.25. The van der Waals surface area contributed by atoms with Crippen molar-refractivity contribution >= 4 is 23.3 Å². The highest BCUT2D eigenvalue weighted by Crippen LogP contribution is 2.44. The van der Waals surface area contributed by atoms with Gasteiger partial charge in [0, 0.05) is 34.7 Å². The van der Waals surface area contributed by atoms with Crippen LogP contribution in [-0.4, -0.2) is 36.8 Å². The summed E-state index contributed by atoms with van der Waals surface area (Å²) in [5, 5.41) is 3.54. The molecule has 0 spiro atoms. The number of hydrogen-bond donors (Lipinski definition) is 1. The van der Waals surface area contributed by atoms with Gasteiger partial charge in [0.25, 0.3) is 0 Å². The van der Waals surface area contributed by atoms with E-state index >= 15 is 0 Å². The molecule has 0 aliphatic carbocycles. The largest absolute Gasteiger partial charge is 0.496 e. The normalized spacial score (nSPS) is 15.4. The number of amides is 1. The molecule has 150 valence electrons. The number of methoxy groups -OCH3 is 3. The van der Waals surface area contributed by atoms with Gasteiger partial charge in [-0.25, -0.2) is 4.98 Å². The topological polar surface area (TPSA) is 74.6 Å². The van der Waals surface area contributed by atoms with Crippen molar-refractivity contribution in [1.29, 1.82) is 0 Å². The first-order valence-corrected chi connectivity index (χ1v) is 9.36. The fraction of sp³-hybridized carbons (Fsp3) is 0.238. The number of fused-ring (bicyclic) bond motifs is 1. The molecule has 2 heterocycles. The molecule has 1 aromatic heterocycles. The number of anilines is 1. The third-order valence-corrected chi connectivity index (χ3v) is 5.21. The van der Waals surface area contributed by atoms with Crippen molar-refractivity contribution in [2.75, 3.05) is 26.6 Å². The van der Waals surface area contributed by atoms with E-state index in [4.69, 9.17) is 25.8 Å². The Morgan fingerprint density at radius 1 is 1.07 bits per heavy atom. The Hall–Kier alpha value is -3.19. The summed E-state index contributed by atoms with van der Waals surface area (Å²) in [5.41, 5.74) is 2.36. The number of nitrogens with one attached hydrogen (secondary N) is 1. The second-order valence-electron chi connectivity index (χ2n) is 6.58. The highest BCUT2D eigenvalue weighted by atomic mass is 35.5. The molecule has 1 aliphatic heterocycles. The fourth-order valence-corrected chi connectivity index (χ4v) is 3.80. The molecule has 1 amide bonds. The fourth-order valence-electron chi connectivity index (χ4n) is 3.61. The monoisotopic (exact) mass is 413 g/mol. The zero-order valence-electron chi connectivity index (χ0n) is 16.2. The average Bonchev–Trinajstić information content (AvgIpc) is 3.15. The van der Waals surface area contributed by atoms with Gasteiger partial charge < -0.3 is 19.5 Å². The number of rotatable bonds is 5. The summed E-state index contributed by atoms with van der Waals surface area (Å²) in [6.45, 7) is 0. The maximum atomic E-state index is 12.6. The minimum absolute atomic E-state index is 0.108. The number of carbonyl (C=O) groups excluding carboxylic acids is 1. The summed E-state index contributed by atoms with van der Waals surface area (Å²) < 4.78 is 18.2. The van der Waals surface area contributed by atoms with Gasteiger partial charge in [-0.1, -0.05) is 17.7 Å². The molecule has 0 bridgehead atoms. The summed E-state index contributed by atoms with van der Waals surface area (Å²) in [5.74, 6) is 1.93. The van der Waals surface area contributed by atoms with Gasteiger partial charge in [-0.15, -0.1) is 0 Å². The second-order valence-corrected chi connectivity index (χ2v) is 7.02. The standard InChI is InChI=1S/C21H20ClN3O4/c1-27-16-10-18(29-3)17(28-2)8-14(16)15-9-19(26)24-21-20(15)23-11-25(21)13-6-4-5-12(22)7-13/h4-8,10-11,15H,9H2,1-3H3,(H,24,26)/t15-/m0/s1. The Morgan fingerprint density at radius 2 is 1.79 bits per heavy atom. The van der Waals surface area contributed by atoms with Crippen LogP contribution < -0.4 is 19.5 Å². The molecule has 0 unspecified atom stereocenters. The van der Waals surface area contributed by atoms with Crippen LogP contribution in [0.3, 0.4) is 0 Å². The first kappa shape index (κ1) is 19.1. The Bertz CT molecular complexity index is 1080. The number of benzene rings is 2. The Balaban J connectivity index is 1.86. The van der Waals surface area contributed by atoms with E-state index in [2.05, 4.69) is 10.3 Å². The van der Waals surface area contributed by atoms with Crippen LogP contribution in [0.15, 0.2) is 42.7 Å². The minimum Gasteiger partial charge on any atom is -0.496 e. The number of imidazole rings is 1. The molecule has 1 atom stereocenters. The van der Waals surface area contributed by atoms with Crippen LogP contribution >= 0.6 is 11.6 Å². The summed E-state index contributed by atoms with van der Waals surface area (Å²) >= 11 is 6.14. The Kier molecular flexibility index (Phi) is 5.07. The van der Waals surface area contributed by atoms with Crippen molar-refractivity contribution in [2.45, 2.75) is 12.3 Å². The molecule has 8 heteroatoms. The van der Waals surface area contributed by atoms with Crippen molar-refractivity contribution in [3.63, 3.8) is 0 Å². The molecule has 1 N–H and O–H groups in total. The predicted molar refractivity (Wildman–Crippen MR) is 110 cm³/mol. The highest BCUT2D eigenvalue weighted by molar-refractivity contribution is 6.30. The molecule has 0 saturated carbocycles. The number of nitrogens with zero attached hydrogens (tertiary/aromatic N) is 2. The molecule has 4 rings (SSSR count). The van der Waals surface area contributed by atoms with Gasteiger partial charge in [0.05, 0.1) is 27.0 Å².